The molecule has 0 nitrogen and oxygen atoms in total. The van der Waals surface area contributed by atoms with Gasteiger partial charge in [-0.15, -0.1) is 0 Å². The monoisotopic (exact) mass is 274 g/mol. The first kappa shape index (κ1) is 11.7. The van der Waals surface area contributed by atoms with Crippen LogP contribution in [0.2, 0.25) is 15.1 Å². The number of hydrogen-bond donors (Lipinski definition) is 0. The van der Waals surface area contributed by atoms with Crippen LogP contribution in [0.15, 0.2) is 36.4 Å². The van der Waals surface area contributed by atoms with E-state index in [0.717, 1.165) is 0 Å². The molecule has 82 valence electrons. The van der Waals surface area contributed by atoms with E-state index < -0.39 is 5.82 Å². The Hall–Kier alpha value is -0.760. The average Bonchev–Trinajstić information content (AvgIpc) is 2.20. The molecular formula is C12H6Cl3F. The topological polar surface area (TPSA) is 0 Å². The van der Waals surface area contributed by atoms with E-state index in [-0.39, 0.29) is 5.02 Å². The molecule has 0 N–H and O–H groups in total. The molecule has 0 fully saturated rings. The van der Waals surface area contributed by atoms with Crippen LogP contribution in [0.3, 0.4) is 0 Å². The van der Waals surface area contributed by atoms with E-state index in [1.165, 1.54) is 12.1 Å². The van der Waals surface area contributed by atoms with E-state index in [1.807, 2.05) is 0 Å². The maximum Gasteiger partial charge on any atom is 0.124 e. The Balaban J connectivity index is 2.68. The quantitative estimate of drug-likeness (QED) is 0.649. The van der Waals surface area contributed by atoms with E-state index in [9.17, 15) is 4.39 Å². The minimum Gasteiger partial charge on any atom is -0.207 e. The van der Waals surface area contributed by atoms with E-state index in [1.54, 1.807) is 24.3 Å². The lowest BCUT2D eigenvalue weighted by Gasteiger charge is -2.08. The lowest BCUT2D eigenvalue weighted by Crippen LogP contribution is -1.84. The van der Waals surface area contributed by atoms with E-state index >= 15 is 0 Å². The van der Waals surface area contributed by atoms with Crippen molar-refractivity contribution in [1.82, 2.24) is 0 Å². The lowest BCUT2D eigenvalue weighted by atomic mass is 10.1. The Labute approximate surface area is 108 Å². The third-order valence-electron chi connectivity index (χ3n) is 2.16. The molecule has 2 aromatic rings. The van der Waals surface area contributed by atoms with Gasteiger partial charge in [0.05, 0.1) is 5.02 Å². The fourth-order valence-electron chi connectivity index (χ4n) is 1.45. The minimum absolute atomic E-state index is 0.287. The van der Waals surface area contributed by atoms with Crippen molar-refractivity contribution in [3.8, 4) is 11.1 Å². The molecule has 2 rings (SSSR count). The van der Waals surface area contributed by atoms with Crippen molar-refractivity contribution in [2.75, 3.05) is 0 Å². The van der Waals surface area contributed by atoms with E-state index in [2.05, 4.69) is 0 Å². The standard InChI is InChI=1S/C12H6Cl3F/c13-9-2-1-3-10(14)12(9)8-5-4-7(16)6-11(8)15/h1-6H. The van der Waals surface area contributed by atoms with Crippen LogP contribution in [-0.4, -0.2) is 0 Å². The van der Waals surface area contributed by atoms with Crippen LogP contribution >= 0.6 is 34.8 Å². The SMILES string of the molecule is Fc1ccc(-c2c(Cl)cccc2Cl)c(Cl)c1. The summed E-state index contributed by atoms with van der Waals surface area (Å²) in [6, 6.07) is 9.28. The fourth-order valence-corrected chi connectivity index (χ4v) is 2.31. The summed E-state index contributed by atoms with van der Waals surface area (Å²) in [7, 11) is 0. The van der Waals surface area contributed by atoms with Gasteiger partial charge < -0.3 is 0 Å². The number of halogens is 4. The highest BCUT2D eigenvalue weighted by Crippen LogP contribution is 2.38. The van der Waals surface area contributed by atoms with Crippen molar-refractivity contribution in [3.63, 3.8) is 0 Å². The Morgan fingerprint density at radius 1 is 0.812 bits per heavy atom. The zero-order chi connectivity index (χ0) is 11.7. The van der Waals surface area contributed by atoms with Gasteiger partial charge in [0.2, 0.25) is 0 Å². The number of hydrogen-bond acceptors (Lipinski definition) is 0. The first-order chi connectivity index (χ1) is 7.59. The molecule has 0 saturated heterocycles. The van der Waals surface area contributed by atoms with Crippen LogP contribution in [0.1, 0.15) is 0 Å². The van der Waals surface area contributed by atoms with Crippen molar-refractivity contribution < 1.29 is 4.39 Å². The van der Waals surface area contributed by atoms with Gasteiger partial charge in [-0.05, 0) is 30.3 Å². The Morgan fingerprint density at radius 3 is 2.00 bits per heavy atom. The van der Waals surface area contributed by atoms with Gasteiger partial charge in [-0.1, -0.05) is 40.9 Å². The van der Waals surface area contributed by atoms with E-state index in [0.29, 0.717) is 21.2 Å². The van der Waals surface area contributed by atoms with Gasteiger partial charge in [0.1, 0.15) is 5.82 Å². The van der Waals surface area contributed by atoms with E-state index in [4.69, 9.17) is 34.8 Å². The summed E-state index contributed by atoms with van der Waals surface area (Å²) in [4.78, 5) is 0. The lowest BCUT2D eigenvalue weighted by molar-refractivity contribution is 0.628. The Morgan fingerprint density at radius 2 is 1.44 bits per heavy atom. The predicted molar refractivity (Wildman–Crippen MR) is 66.9 cm³/mol. The zero-order valence-electron chi connectivity index (χ0n) is 7.98. The van der Waals surface area contributed by atoms with Crippen LogP contribution in [0.4, 0.5) is 4.39 Å². The molecule has 4 heteroatoms. The third-order valence-corrected chi connectivity index (χ3v) is 3.11. The predicted octanol–water partition coefficient (Wildman–Crippen LogP) is 5.45. The largest absolute Gasteiger partial charge is 0.207 e. The van der Waals surface area contributed by atoms with Gasteiger partial charge in [-0.25, -0.2) is 4.39 Å². The van der Waals surface area contributed by atoms with Gasteiger partial charge in [0, 0.05) is 21.2 Å². The van der Waals surface area contributed by atoms with Gasteiger partial charge in [-0.2, -0.15) is 0 Å². The molecule has 0 aliphatic rings. The molecule has 16 heavy (non-hydrogen) atoms. The van der Waals surface area contributed by atoms with Crippen molar-refractivity contribution >= 4 is 34.8 Å². The molecule has 0 aliphatic carbocycles. The zero-order valence-corrected chi connectivity index (χ0v) is 10.2. The molecule has 0 spiro atoms. The average molecular weight is 276 g/mol. The molecule has 0 heterocycles. The molecule has 0 unspecified atom stereocenters. The van der Waals surface area contributed by atoms with Gasteiger partial charge in [-0.3, -0.25) is 0 Å². The van der Waals surface area contributed by atoms with Crippen LogP contribution in [0, 0.1) is 5.82 Å². The Kier molecular flexibility index (Phi) is 3.38. The fraction of sp³-hybridized carbons (Fsp3) is 0. The summed E-state index contributed by atoms with van der Waals surface area (Å²) in [6.07, 6.45) is 0. The maximum absolute atomic E-state index is 12.9. The highest BCUT2D eigenvalue weighted by molar-refractivity contribution is 6.41. The summed E-state index contributed by atoms with van der Waals surface area (Å²) in [5, 5.41) is 1.26. The molecule has 0 radical (unpaired) electrons. The highest BCUT2D eigenvalue weighted by atomic mass is 35.5. The first-order valence-electron chi connectivity index (χ1n) is 4.49. The summed E-state index contributed by atoms with van der Waals surface area (Å²) < 4.78 is 12.9. The maximum atomic E-state index is 12.9. The molecule has 0 bridgehead atoms. The van der Waals surface area contributed by atoms with Gasteiger partial charge >= 0.3 is 0 Å². The molecule has 0 aromatic heterocycles. The van der Waals surface area contributed by atoms with Gasteiger partial charge in [0.25, 0.3) is 0 Å². The van der Waals surface area contributed by atoms with Crippen LogP contribution in [0.25, 0.3) is 11.1 Å². The van der Waals surface area contributed by atoms with Crippen molar-refractivity contribution in [2.45, 2.75) is 0 Å². The third kappa shape index (κ3) is 2.17. The van der Waals surface area contributed by atoms with Crippen LogP contribution < -0.4 is 0 Å². The smallest absolute Gasteiger partial charge is 0.124 e. The molecule has 0 aliphatic heterocycles. The minimum atomic E-state index is -0.392. The van der Waals surface area contributed by atoms with Gasteiger partial charge in [0.15, 0.2) is 0 Å². The first-order valence-corrected chi connectivity index (χ1v) is 5.62. The molecule has 0 atom stereocenters. The molecule has 0 amide bonds. The highest BCUT2D eigenvalue weighted by Gasteiger charge is 2.11. The normalized spacial score (nSPS) is 10.5. The van der Waals surface area contributed by atoms with Crippen molar-refractivity contribution in [1.29, 1.82) is 0 Å². The summed E-state index contributed by atoms with van der Waals surface area (Å²) >= 11 is 18.0. The molecule has 0 saturated carbocycles. The van der Waals surface area contributed by atoms with Crippen molar-refractivity contribution in [2.24, 2.45) is 0 Å². The molecular weight excluding hydrogens is 269 g/mol. The van der Waals surface area contributed by atoms with Crippen molar-refractivity contribution in [3.05, 3.63) is 57.3 Å². The summed E-state index contributed by atoms with van der Waals surface area (Å²) in [5.41, 5.74) is 1.24. The van der Waals surface area contributed by atoms with Crippen LogP contribution in [-0.2, 0) is 0 Å². The van der Waals surface area contributed by atoms with Crippen LogP contribution in [0.5, 0.6) is 0 Å². The number of benzene rings is 2. The Bertz CT molecular complexity index is 518. The second kappa shape index (κ2) is 4.62. The summed E-state index contributed by atoms with van der Waals surface area (Å²) in [6.45, 7) is 0. The molecule has 2 aromatic carbocycles. The second-order valence-electron chi connectivity index (χ2n) is 3.22. The summed E-state index contributed by atoms with van der Waals surface area (Å²) in [5.74, 6) is -0.392. The second-order valence-corrected chi connectivity index (χ2v) is 4.44. The number of rotatable bonds is 1.